The van der Waals surface area contributed by atoms with E-state index >= 15 is 0 Å². The van der Waals surface area contributed by atoms with Crippen molar-refractivity contribution < 1.29 is 22.8 Å². The highest BCUT2D eigenvalue weighted by atomic mass is 35.5. The molecule has 3 aromatic heterocycles. The zero-order chi connectivity index (χ0) is 28.6. The van der Waals surface area contributed by atoms with Gasteiger partial charge in [0.1, 0.15) is 5.69 Å². The van der Waals surface area contributed by atoms with Crippen molar-refractivity contribution in [3.05, 3.63) is 97.3 Å². The van der Waals surface area contributed by atoms with Crippen molar-refractivity contribution >= 4 is 74.4 Å². The lowest BCUT2D eigenvalue weighted by atomic mass is 10.0. The number of aromatic nitrogens is 4. The topological polar surface area (TPSA) is 102 Å². The van der Waals surface area contributed by atoms with Crippen LogP contribution in [0.4, 0.5) is 18.9 Å². The van der Waals surface area contributed by atoms with Crippen LogP contribution in [0.2, 0.25) is 14.5 Å². The number of nitrogens with zero attached hydrogens (tertiary/aromatic N) is 4. The number of alkyl halides is 3. The van der Waals surface area contributed by atoms with Gasteiger partial charge in [-0.05, 0) is 23.6 Å². The highest BCUT2D eigenvalue weighted by Gasteiger charge is 2.37. The Morgan fingerprint density at radius 1 is 1.00 bits per heavy atom. The van der Waals surface area contributed by atoms with Crippen LogP contribution in [0.15, 0.2) is 60.9 Å². The molecular formula is C25H14Cl3F3N6O2S. The van der Waals surface area contributed by atoms with Crippen molar-refractivity contribution in [2.45, 2.75) is 12.7 Å². The Balaban J connectivity index is 1.57. The van der Waals surface area contributed by atoms with Crippen LogP contribution >= 0.6 is 46.1 Å². The Kier molecular flexibility index (Phi) is 7.69. The second kappa shape index (κ2) is 11.0. The van der Waals surface area contributed by atoms with Crippen LogP contribution < -0.4 is 10.6 Å². The summed E-state index contributed by atoms with van der Waals surface area (Å²) < 4.78 is 41.7. The Morgan fingerprint density at radius 2 is 1.77 bits per heavy atom. The molecule has 15 heteroatoms. The number of thiazole rings is 1. The molecule has 0 radical (unpaired) electrons. The van der Waals surface area contributed by atoms with Gasteiger partial charge in [0.05, 0.1) is 27.8 Å². The third-order valence-electron chi connectivity index (χ3n) is 5.59. The summed E-state index contributed by atoms with van der Waals surface area (Å²) in [4.78, 5) is 35.3. The van der Waals surface area contributed by atoms with Gasteiger partial charge in [-0.15, -0.1) is 11.3 Å². The smallest absolute Gasteiger partial charge is 0.347 e. The van der Waals surface area contributed by atoms with E-state index in [2.05, 4.69) is 25.7 Å². The molecule has 5 aromatic rings. The normalized spacial score (nSPS) is 11.6. The number of fused-ring (bicyclic) bond motifs is 1. The highest BCUT2D eigenvalue weighted by molar-refractivity contribution is 7.15. The number of carbonyl (C=O) groups excluding carboxylic acids is 2. The Hall–Kier alpha value is -3.71. The second-order valence-electron chi connectivity index (χ2n) is 8.18. The molecule has 2 amide bonds. The largest absolute Gasteiger partial charge is 0.435 e. The number of anilines is 1. The summed E-state index contributed by atoms with van der Waals surface area (Å²) in [7, 11) is 0. The van der Waals surface area contributed by atoms with Crippen molar-refractivity contribution in [3.63, 3.8) is 0 Å². The fraction of sp³-hybridized carbons (Fsp3) is 0.0800. The molecule has 0 atom stereocenters. The van der Waals surface area contributed by atoms with Crippen molar-refractivity contribution in [2.75, 3.05) is 5.32 Å². The number of amides is 2. The maximum Gasteiger partial charge on any atom is 0.435 e. The van der Waals surface area contributed by atoms with Crippen LogP contribution in [0.5, 0.6) is 0 Å². The molecule has 0 aliphatic heterocycles. The van der Waals surface area contributed by atoms with Crippen LogP contribution in [0.25, 0.3) is 16.6 Å². The number of pyridine rings is 1. The third-order valence-corrected chi connectivity index (χ3v) is 7.39. The van der Waals surface area contributed by atoms with E-state index in [9.17, 15) is 22.8 Å². The molecule has 0 saturated heterocycles. The third kappa shape index (κ3) is 5.61. The molecule has 40 heavy (non-hydrogen) atoms. The Morgan fingerprint density at radius 3 is 2.48 bits per heavy atom. The first-order valence-electron chi connectivity index (χ1n) is 11.2. The SMILES string of the molecule is O=C(NCc1cnc(Cl)s1)c1cc2ccccc2c(Cl)c1NC(=O)c1cc(C(F)(F)F)nn1-c1ncccc1Cl. The minimum absolute atomic E-state index is 0.00964. The first-order valence-corrected chi connectivity index (χ1v) is 13.2. The van der Waals surface area contributed by atoms with Gasteiger partial charge in [-0.3, -0.25) is 9.59 Å². The van der Waals surface area contributed by atoms with Gasteiger partial charge in [-0.2, -0.15) is 18.3 Å². The average molecular weight is 626 g/mol. The molecular weight excluding hydrogens is 612 g/mol. The number of benzene rings is 2. The highest BCUT2D eigenvalue weighted by Crippen LogP contribution is 2.36. The molecule has 0 fully saturated rings. The molecule has 204 valence electrons. The van der Waals surface area contributed by atoms with Gasteiger partial charge in [-0.25, -0.2) is 14.6 Å². The van der Waals surface area contributed by atoms with E-state index in [0.29, 0.717) is 30.9 Å². The van der Waals surface area contributed by atoms with E-state index in [0.717, 1.165) is 0 Å². The number of halogens is 6. The predicted molar refractivity (Wildman–Crippen MR) is 147 cm³/mol. The van der Waals surface area contributed by atoms with E-state index in [4.69, 9.17) is 34.8 Å². The fourth-order valence-corrected chi connectivity index (χ4v) is 5.23. The van der Waals surface area contributed by atoms with Crippen molar-refractivity contribution in [2.24, 2.45) is 0 Å². The van der Waals surface area contributed by atoms with Gasteiger partial charge in [-0.1, -0.05) is 59.1 Å². The lowest BCUT2D eigenvalue weighted by molar-refractivity contribution is -0.141. The summed E-state index contributed by atoms with van der Waals surface area (Å²) in [5.41, 5.74) is -2.02. The maximum absolute atomic E-state index is 13.6. The summed E-state index contributed by atoms with van der Waals surface area (Å²) in [6.07, 6.45) is -2.07. The lowest BCUT2D eigenvalue weighted by Gasteiger charge is -2.16. The van der Waals surface area contributed by atoms with Gasteiger partial charge in [0.2, 0.25) is 0 Å². The van der Waals surface area contributed by atoms with E-state index in [1.807, 2.05) is 0 Å². The van der Waals surface area contributed by atoms with Gasteiger partial charge in [0.15, 0.2) is 16.0 Å². The van der Waals surface area contributed by atoms with Gasteiger partial charge in [0, 0.05) is 28.7 Å². The molecule has 0 spiro atoms. The van der Waals surface area contributed by atoms with Crippen molar-refractivity contribution in [1.82, 2.24) is 25.1 Å². The lowest BCUT2D eigenvalue weighted by Crippen LogP contribution is -2.25. The predicted octanol–water partition coefficient (Wildman–Crippen LogP) is 7.04. The Bertz CT molecular complexity index is 1770. The zero-order valence-corrected chi connectivity index (χ0v) is 22.8. The van der Waals surface area contributed by atoms with Crippen LogP contribution in [0.1, 0.15) is 31.4 Å². The molecule has 0 saturated carbocycles. The maximum atomic E-state index is 13.6. The molecule has 8 nitrogen and oxygen atoms in total. The summed E-state index contributed by atoms with van der Waals surface area (Å²) in [5, 5.41) is 9.81. The standard InChI is InChI=1S/C25H14Cl3F3N6O2S/c26-16-6-3-7-32-21(16)37-17(9-18(36-37)25(29,30)31)23(39)35-20-15(8-12-4-1-2-5-14(12)19(20)27)22(38)33-10-13-11-34-24(28)40-13/h1-9,11H,10H2,(H,33,38)(H,35,39). The van der Waals surface area contributed by atoms with Crippen LogP contribution in [0, 0.1) is 0 Å². The summed E-state index contributed by atoms with van der Waals surface area (Å²) >= 11 is 19.8. The monoisotopic (exact) mass is 624 g/mol. The summed E-state index contributed by atoms with van der Waals surface area (Å²) in [6, 6.07) is 11.8. The first-order chi connectivity index (χ1) is 19.0. The molecule has 0 unspecified atom stereocenters. The molecule has 5 rings (SSSR count). The number of hydrogen-bond acceptors (Lipinski definition) is 6. The van der Waals surface area contributed by atoms with E-state index in [-0.39, 0.29) is 33.7 Å². The Labute approximate surface area is 242 Å². The quantitative estimate of drug-likeness (QED) is 0.211. The number of carbonyl (C=O) groups is 2. The van der Waals surface area contributed by atoms with Crippen molar-refractivity contribution in [1.29, 1.82) is 0 Å². The number of nitrogens with one attached hydrogen (secondary N) is 2. The fourth-order valence-electron chi connectivity index (χ4n) is 3.79. The molecule has 2 aromatic carbocycles. The minimum Gasteiger partial charge on any atom is -0.347 e. The van der Waals surface area contributed by atoms with Crippen LogP contribution in [0.3, 0.4) is 0 Å². The molecule has 0 bridgehead atoms. The zero-order valence-electron chi connectivity index (χ0n) is 19.8. The summed E-state index contributed by atoms with van der Waals surface area (Å²) in [6.45, 7) is 0.0843. The number of rotatable bonds is 6. The van der Waals surface area contributed by atoms with Gasteiger partial charge < -0.3 is 10.6 Å². The molecule has 0 aliphatic rings. The van der Waals surface area contributed by atoms with Crippen LogP contribution in [-0.4, -0.2) is 31.6 Å². The van der Waals surface area contributed by atoms with E-state index < -0.39 is 29.4 Å². The molecule has 2 N–H and O–H groups in total. The van der Waals surface area contributed by atoms with E-state index in [1.54, 1.807) is 24.3 Å². The van der Waals surface area contributed by atoms with Gasteiger partial charge >= 0.3 is 6.18 Å². The first kappa shape index (κ1) is 27.8. The summed E-state index contributed by atoms with van der Waals surface area (Å²) in [5.74, 6) is -1.84. The van der Waals surface area contributed by atoms with Crippen LogP contribution in [-0.2, 0) is 12.7 Å². The average Bonchev–Trinajstić information content (AvgIpc) is 3.56. The number of hydrogen-bond donors (Lipinski definition) is 2. The minimum atomic E-state index is -4.87. The van der Waals surface area contributed by atoms with Gasteiger partial charge in [0.25, 0.3) is 11.8 Å². The second-order valence-corrected chi connectivity index (χ2v) is 10.7. The van der Waals surface area contributed by atoms with E-state index in [1.165, 1.54) is 41.9 Å². The van der Waals surface area contributed by atoms with Crippen molar-refractivity contribution in [3.8, 4) is 5.82 Å². The molecule has 3 heterocycles. The molecule has 0 aliphatic carbocycles.